The van der Waals surface area contributed by atoms with Gasteiger partial charge in [0.05, 0.1) is 5.69 Å². The summed E-state index contributed by atoms with van der Waals surface area (Å²) in [5.41, 5.74) is 0.900. The van der Waals surface area contributed by atoms with Crippen LogP contribution in [-0.4, -0.2) is 77.5 Å². The van der Waals surface area contributed by atoms with Crippen LogP contribution in [0.2, 0.25) is 0 Å². The van der Waals surface area contributed by atoms with E-state index < -0.39 is 42.2 Å². The summed E-state index contributed by atoms with van der Waals surface area (Å²) in [6.07, 6.45) is -4.46. The molecule has 0 bridgehead atoms. The summed E-state index contributed by atoms with van der Waals surface area (Å²) in [5.74, 6) is -1.43. The average Bonchev–Trinajstić information content (AvgIpc) is 2.95. The third kappa shape index (κ3) is 5.83. The van der Waals surface area contributed by atoms with Gasteiger partial charge in [0.25, 0.3) is 5.91 Å². The van der Waals surface area contributed by atoms with E-state index in [1.54, 1.807) is 19.2 Å². The minimum absolute atomic E-state index is 0.179. The molecule has 2 aromatic rings. The SMILES string of the molecule is CO[C@@H](C(=O)NC1CSc2ccccc2N(C)C1=O)[C@H](O)[C@@H](O)[C@H](O)/C=C/c1ccccc1F. The Labute approximate surface area is 201 Å². The Morgan fingerprint density at radius 2 is 1.85 bits per heavy atom. The fourth-order valence-corrected chi connectivity index (χ4v) is 4.62. The fraction of sp³-hybridized carbons (Fsp3) is 0.333. The normalized spacial score (nSPS) is 19.8. The number of carbonyl (C=O) groups is 2. The van der Waals surface area contributed by atoms with E-state index in [0.717, 1.165) is 23.8 Å². The molecule has 1 heterocycles. The Balaban J connectivity index is 1.66. The summed E-state index contributed by atoms with van der Waals surface area (Å²) in [6, 6.07) is 12.3. The predicted octanol–water partition coefficient (Wildman–Crippen LogP) is 1.19. The number of nitrogens with one attached hydrogen (secondary N) is 1. The number of amides is 2. The van der Waals surface area contributed by atoms with Gasteiger partial charge >= 0.3 is 0 Å². The minimum Gasteiger partial charge on any atom is -0.387 e. The van der Waals surface area contributed by atoms with Gasteiger partial charge in [-0.2, -0.15) is 0 Å². The quantitative estimate of drug-likeness (QED) is 0.439. The number of carbonyl (C=O) groups excluding carboxylic acids is 2. The molecule has 0 aliphatic carbocycles. The highest BCUT2D eigenvalue weighted by Gasteiger charge is 2.38. The van der Waals surface area contributed by atoms with Crippen molar-refractivity contribution in [2.75, 3.05) is 24.8 Å². The largest absolute Gasteiger partial charge is 0.387 e. The molecule has 4 N–H and O–H groups in total. The van der Waals surface area contributed by atoms with Crippen molar-refractivity contribution in [3.63, 3.8) is 0 Å². The number of anilines is 1. The first kappa shape index (κ1) is 25.9. The van der Waals surface area contributed by atoms with E-state index in [4.69, 9.17) is 4.74 Å². The van der Waals surface area contributed by atoms with Crippen LogP contribution in [0.25, 0.3) is 6.08 Å². The van der Waals surface area contributed by atoms with Crippen LogP contribution in [0.4, 0.5) is 10.1 Å². The number of benzene rings is 2. The molecule has 0 aromatic heterocycles. The molecule has 1 aliphatic heterocycles. The molecule has 182 valence electrons. The van der Waals surface area contributed by atoms with Crippen LogP contribution in [0, 0.1) is 5.82 Å². The summed E-state index contributed by atoms with van der Waals surface area (Å²) >= 11 is 1.40. The van der Waals surface area contributed by atoms with Crippen molar-refractivity contribution in [3.05, 3.63) is 66.0 Å². The maximum absolute atomic E-state index is 13.7. The average molecular weight is 491 g/mol. The molecule has 8 nitrogen and oxygen atoms in total. The third-order valence-electron chi connectivity index (χ3n) is 5.48. The van der Waals surface area contributed by atoms with Gasteiger partial charge in [-0.15, -0.1) is 11.8 Å². The molecule has 0 saturated heterocycles. The summed E-state index contributed by atoms with van der Waals surface area (Å²) in [6.45, 7) is 0. The van der Waals surface area contributed by atoms with Crippen LogP contribution in [-0.2, 0) is 14.3 Å². The molecular weight excluding hydrogens is 463 g/mol. The van der Waals surface area contributed by atoms with Gasteiger partial charge in [-0.25, -0.2) is 4.39 Å². The number of aliphatic hydroxyl groups excluding tert-OH is 3. The Hall–Kier alpha value is -2.76. The molecule has 1 unspecified atom stereocenters. The molecule has 0 spiro atoms. The number of rotatable bonds is 8. The van der Waals surface area contributed by atoms with Gasteiger partial charge in [-0.3, -0.25) is 9.59 Å². The predicted molar refractivity (Wildman–Crippen MR) is 127 cm³/mol. The summed E-state index contributed by atoms with van der Waals surface area (Å²) in [7, 11) is 2.77. The van der Waals surface area contributed by atoms with E-state index >= 15 is 0 Å². The van der Waals surface area contributed by atoms with Gasteiger partial charge in [0.2, 0.25) is 5.91 Å². The van der Waals surface area contributed by atoms with Crippen LogP contribution in [0.1, 0.15) is 5.56 Å². The highest BCUT2D eigenvalue weighted by molar-refractivity contribution is 7.99. The number of halogens is 1. The number of fused-ring (bicyclic) bond motifs is 1. The first-order valence-electron chi connectivity index (χ1n) is 10.5. The van der Waals surface area contributed by atoms with Crippen molar-refractivity contribution in [3.8, 4) is 0 Å². The van der Waals surface area contributed by atoms with Crippen molar-refractivity contribution in [1.29, 1.82) is 0 Å². The Kier molecular flexibility index (Phi) is 8.81. The summed E-state index contributed by atoms with van der Waals surface area (Å²) < 4.78 is 18.8. The number of methoxy groups -OCH3 is 1. The fourth-order valence-electron chi connectivity index (χ4n) is 3.52. The van der Waals surface area contributed by atoms with Crippen molar-refractivity contribution < 1.29 is 34.0 Å². The first-order valence-corrected chi connectivity index (χ1v) is 11.5. The van der Waals surface area contributed by atoms with Crippen molar-refractivity contribution >= 4 is 35.3 Å². The van der Waals surface area contributed by atoms with E-state index in [-0.39, 0.29) is 17.2 Å². The second kappa shape index (κ2) is 11.6. The highest BCUT2D eigenvalue weighted by Crippen LogP contribution is 2.33. The van der Waals surface area contributed by atoms with E-state index in [9.17, 15) is 29.3 Å². The molecule has 0 saturated carbocycles. The summed E-state index contributed by atoms with van der Waals surface area (Å²) in [5, 5.41) is 33.7. The zero-order chi connectivity index (χ0) is 24.8. The lowest BCUT2D eigenvalue weighted by Crippen LogP contribution is -2.56. The Bertz CT molecular complexity index is 1050. The van der Waals surface area contributed by atoms with E-state index in [0.29, 0.717) is 0 Å². The zero-order valence-corrected chi connectivity index (χ0v) is 19.5. The van der Waals surface area contributed by atoms with Gasteiger partial charge in [0.1, 0.15) is 30.2 Å². The molecule has 1 aliphatic rings. The minimum atomic E-state index is -1.83. The van der Waals surface area contributed by atoms with Crippen LogP contribution >= 0.6 is 11.8 Å². The van der Waals surface area contributed by atoms with E-state index in [2.05, 4.69) is 5.32 Å². The lowest BCUT2D eigenvalue weighted by atomic mass is 10.0. The van der Waals surface area contributed by atoms with Crippen molar-refractivity contribution in [2.24, 2.45) is 0 Å². The third-order valence-corrected chi connectivity index (χ3v) is 6.63. The number of nitrogens with zero attached hydrogens (tertiary/aromatic N) is 1. The molecule has 3 rings (SSSR count). The lowest BCUT2D eigenvalue weighted by molar-refractivity contribution is -0.150. The number of ether oxygens (including phenoxy) is 1. The first-order chi connectivity index (χ1) is 16.2. The number of aliphatic hydroxyl groups is 3. The molecule has 10 heteroatoms. The number of hydrogen-bond acceptors (Lipinski definition) is 7. The molecule has 34 heavy (non-hydrogen) atoms. The van der Waals surface area contributed by atoms with Gasteiger partial charge in [0, 0.05) is 30.4 Å². The lowest BCUT2D eigenvalue weighted by Gasteiger charge is -2.28. The van der Waals surface area contributed by atoms with Crippen molar-refractivity contribution in [1.82, 2.24) is 5.32 Å². The van der Waals surface area contributed by atoms with Crippen LogP contribution in [0.15, 0.2) is 59.5 Å². The maximum atomic E-state index is 13.7. The van der Waals surface area contributed by atoms with E-state index in [1.807, 2.05) is 18.2 Å². The monoisotopic (exact) mass is 490 g/mol. The van der Waals surface area contributed by atoms with Crippen LogP contribution in [0.5, 0.6) is 0 Å². The van der Waals surface area contributed by atoms with Crippen LogP contribution < -0.4 is 10.2 Å². The standard InChI is InChI=1S/C24H27FN2O6S/c1-27-17-9-5-6-10-19(17)34-13-16(24(27)32)26-23(31)22(33-2)21(30)20(29)18(28)12-11-14-7-3-4-8-15(14)25/h3-12,16,18,20-22,28-30H,13H2,1-2H3,(H,26,31)/b12-11+/t16?,18-,20+,21-,22-/m1/s1. The molecule has 5 atom stereocenters. The molecule has 0 fully saturated rings. The molecule has 2 amide bonds. The van der Waals surface area contributed by atoms with Gasteiger partial charge in [0.15, 0.2) is 6.10 Å². The maximum Gasteiger partial charge on any atom is 0.252 e. The second-order valence-electron chi connectivity index (χ2n) is 7.75. The zero-order valence-electron chi connectivity index (χ0n) is 18.7. The number of thioether (sulfide) groups is 1. The summed E-state index contributed by atoms with van der Waals surface area (Å²) in [4.78, 5) is 28.1. The van der Waals surface area contributed by atoms with Crippen molar-refractivity contribution in [2.45, 2.75) is 35.4 Å². The molecule has 0 radical (unpaired) electrons. The smallest absolute Gasteiger partial charge is 0.252 e. The molecular formula is C24H27FN2O6S. The van der Waals surface area contributed by atoms with Crippen LogP contribution in [0.3, 0.4) is 0 Å². The van der Waals surface area contributed by atoms with Gasteiger partial charge in [-0.05, 0) is 18.2 Å². The van der Waals surface area contributed by atoms with Gasteiger partial charge in [-0.1, -0.05) is 42.5 Å². The van der Waals surface area contributed by atoms with Gasteiger partial charge < -0.3 is 30.3 Å². The topological polar surface area (TPSA) is 119 Å². The highest BCUT2D eigenvalue weighted by atomic mass is 32.2. The molecule has 2 aromatic carbocycles. The number of likely N-dealkylation sites (N-methyl/N-ethyl adjacent to an activating group) is 1. The Morgan fingerprint density at radius 1 is 1.18 bits per heavy atom. The number of para-hydroxylation sites is 1. The number of hydrogen-bond donors (Lipinski definition) is 4. The van der Waals surface area contributed by atoms with E-state index in [1.165, 1.54) is 40.9 Å². The Morgan fingerprint density at radius 3 is 2.56 bits per heavy atom. The second-order valence-corrected chi connectivity index (χ2v) is 8.81.